The van der Waals surface area contributed by atoms with Crippen molar-refractivity contribution in [1.29, 1.82) is 0 Å². The van der Waals surface area contributed by atoms with Crippen LogP contribution in [0.3, 0.4) is 0 Å². The van der Waals surface area contributed by atoms with Gasteiger partial charge in [-0.1, -0.05) is 303 Å². The predicted octanol–water partition coefficient (Wildman–Crippen LogP) is 30.0. The van der Waals surface area contributed by atoms with Crippen molar-refractivity contribution in [2.45, 2.75) is 0 Å². The van der Waals surface area contributed by atoms with Crippen LogP contribution >= 0.6 is 0 Å². The van der Waals surface area contributed by atoms with Gasteiger partial charge < -0.3 is 13.7 Å². The molecule has 0 aliphatic rings. The van der Waals surface area contributed by atoms with Gasteiger partial charge in [0.2, 0.25) is 5.95 Å². The molecule has 0 spiro atoms. The summed E-state index contributed by atoms with van der Waals surface area (Å²) in [5.74, 6) is 1.84. The molecule has 0 amide bonds. The van der Waals surface area contributed by atoms with Gasteiger partial charge >= 0.3 is 0 Å². The molecule has 0 aliphatic carbocycles. The Labute approximate surface area is 758 Å². The highest BCUT2D eigenvalue weighted by Crippen LogP contribution is 2.44. The molecular formula is C120H78N12. The molecule has 0 aliphatic heterocycles. The summed E-state index contributed by atoms with van der Waals surface area (Å²) in [7, 11) is 0. The van der Waals surface area contributed by atoms with Gasteiger partial charge in [0.25, 0.3) is 0 Å². The van der Waals surface area contributed by atoms with E-state index in [0.29, 0.717) is 17.6 Å². The van der Waals surface area contributed by atoms with Gasteiger partial charge in [-0.25, -0.2) is 15.0 Å². The van der Waals surface area contributed by atoms with Crippen LogP contribution in [0.2, 0.25) is 0 Å². The van der Waals surface area contributed by atoms with Crippen LogP contribution in [0.5, 0.6) is 0 Å². The van der Waals surface area contributed by atoms with E-state index >= 15 is 0 Å². The van der Waals surface area contributed by atoms with E-state index in [9.17, 15) is 0 Å². The minimum Gasteiger partial charge on any atom is -0.309 e. The highest BCUT2D eigenvalue weighted by atomic mass is 15.2. The van der Waals surface area contributed by atoms with Gasteiger partial charge in [-0.05, 0) is 174 Å². The molecule has 0 fully saturated rings. The second kappa shape index (κ2) is 32.1. The fourth-order valence-electron chi connectivity index (χ4n) is 19.7. The Morgan fingerprint density at radius 1 is 0.144 bits per heavy atom. The molecule has 0 radical (unpaired) electrons. The summed E-state index contributed by atoms with van der Waals surface area (Å²) < 4.78 is 13.7. The number of nitrogens with zero attached hydrogens (tertiary/aromatic N) is 12. The normalized spacial score (nSPS) is 11.6. The van der Waals surface area contributed by atoms with Crippen molar-refractivity contribution in [2.75, 3.05) is 0 Å². The SMILES string of the molecule is c1ccc(-c2ccc(-n3c4ccccc4c4cc(-c5cnc6c(c5)c5ccccc5n6-c5ccccc5)ccc43)cc2)cc1.c1ccc(-c2nc(-c3ccccc3)nc(-n3c4ccccc4c4cc(-c5cnc6c(c5)c5ccccc5n6-c5ccccc5)ccc43)n2)cc1.c1ccc(-n2c3ccccc3c3cc(-c4cc5c6ccccc6n(-c6ccccc6)c5cn4)ccc32)cc1. The summed E-state index contributed by atoms with van der Waals surface area (Å²) in [6.45, 7) is 0. The highest BCUT2D eigenvalue weighted by Gasteiger charge is 2.24. The maximum Gasteiger partial charge on any atom is 0.238 e. The first-order valence-electron chi connectivity index (χ1n) is 44.5. The van der Waals surface area contributed by atoms with Crippen molar-refractivity contribution < 1.29 is 0 Å². The monoisotopic (exact) mass is 1690 g/mol. The summed E-state index contributed by atoms with van der Waals surface area (Å²) in [6, 6.07) is 160. The zero-order valence-electron chi connectivity index (χ0n) is 71.4. The van der Waals surface area contributed by atoms with Crippen LogP contribution in [-0.4, -0.2) is 57.3 Å². The second-order valence-corrected chi connectivity index (χ2v) is 33.4. The van der Waals surface area contributed by atoms with Crippen LogP contribution in [0.4, 0.5) is 0 Å². The molecule has 132 heavy (non-hydrogen) atoms. The summed E-state index contributed by atoms with van der Waals surface area (Å²) in [5, 5.41) is 14.3. The summed E-state index contributed by atoms with van der Waals surface area (Å²) >= 11 is 0. The average Bonchev–Trinajstić information content (AvgIpc) is 1.58. The van der Waals surface area contributed by atoms with Crippen molar-refractivity contribution in [3.05, 3.63) is 474 Å². The van der Waals surface area contributed by atoms with Crippen LogP contribution in [0.1, 0.15) is 0 Å². The number of para-hydroxylation sites is 10. The molecule has 0 atom stereocenters. The molecule has 0 unspecified atom stereocenters. The topological polar surface area (TPSA) is 107 Å². The molecule has 10 aromatic heterocycles. The molecular weight excluding hydrogens is 1610 g/mol. The Balaban J connectivity index is 0.000000107. The molecule has 0 bridgehead atoms. The largest absolute Gasteiger partial charge is 0.309 e. The summed E-state index contributed by atoms with van der Waals surface area (Å²) in [4.78, 5) is 30.2. The Morgan fingerprint density at radius 2 is 0.409 bits per heavy atom. The minimum absolute atomic E-state index is 0.577. The van der Waals surface area contributed by atoms with E-state index in [0.717, 1.165) is 128 Å². The van der Waals surface area contributed by atoms with Crippen molar-refractivity contribution in [3.8, 4) is 102 Å². The van der Waals surface area contributed by atoms with Crippen LogP contribution < -0.4 is 0 Å². The summed E-state index contributed by atoms with van der Waals surface area (Å²) in [6.07, 6.45) is 6.03. The molecule has 12 nitrogen and oxygen atoms in total. The fourth-order valence-corrected chi connectivity index (χ4v) is 19.7. The van der Waals surface area contributed by atoms with Gasteiger partial charge in [-0.15, -0.1) is 0 Å². The first kappa shape index (κ1) is 76.4. The first-order chi connectivity index (χ1) is 65.5. The lowest BCUT2D eigenvalue weighted by atomic mass is 10.0. The van der Waals surface area contributed by atoms with Gasteiger partial charge in [0.15, 0.2) is 11.6 Å². The molecule has 12 heteroatoms. The zero-order chi connectivity index (χ0) is 87.1. The first-order valence-corrected chi connectivity index (χ1v) is 44.5. The van der Waals surface area contributed by atoms with E-state index < -0.39 is 0 Å². The van der Waals surface area contributed by atoms with Crippen LogP contribution in [-0.2, 0) is 0 Å². The Hall–Kier alpha value is -18.0. The van der Waals surface area contributed by atoms with Gasteiger partial charge in [-0.3, -0.25) is 18.7 Å². The van der Waals surface area contributed by atoms with E-state index in [1.54, 1.807) is 0 Å². The molecule has 618 valence electrons. The summed E-state index contributed by atoms with van der Waals surface area (Å²) in [5.41, 5.74) is 29.9. The zero-order valence-corrected chi connectivity index (χ0v) is 71.4. The lowest BCUT2D eigenvalue weighted by molar-refractivity contribution is 0.953. The van der Waals surface area contributed by atoms with Crippen molar-refractivity contribution in [2.24, 2.45) is 0 Å². The standard InChI is InChI=1S/C44H28N6.C41H27N3.C35H23N3/c1-4-14-29(15-5-1)41-46-42(30-16-6-2-7-17-30)48-44(47-41)50-39-23-13-10-20-34(39)36-26-31(24-25-40(36)50)32-27-37-35-21-11-12-22-38(35)49(43(37)45-28-32)33-18-8-3-9-19-33;1-3-11-28(12-4-1)29-19-22-33(23-20-29)43-38-17-9-7-15-34(38)36-25-30(21-24-40(36)43)31-26-37-35-16-8-10-18-39(35)44(41(37)42-27-31)32-13-5-2-6-14-32;1-3-11-25(12-4-1)37-32-17-9-7-15-27(32)29-21-24(19-20-34(29)37)31-22-30-28-16-8-10-18-33(28)38(35(30)23-36-31)26-13-5-2-6-14-26/h1-28H;1-27H;1-23H. The number of hydrogen-bond acceptors (Lipinski definition) is 6. The Bertz CT molecular complexity index is 8900. The van der Waals surface area contributed by atoms with Crippen LogP contribution in [0.25, 0.3) is 233 Å². The number of hydrogen-bond donors (Lipinski definition) is 0. The molecule has 27 rings (SSSR count). The third-order valence-corrected chi connectivity index (χ3v) is 25.7. The smallest absolute Gasteiger partial charge is 0.238 e. The average molecular weight is 1690 g/mol. The minimum atomic E-state index is 0.577. The number of pyridine rings is 3. The van der Waals surface area contributed by atoms with E-state index in [2.05, 4.69) is 416 Å². The maximum absolute atomic E-state index is 5.07. The maximum atomic E-state index is 5.07. The van der Waals surface area contributed by atoms with Gasteiger partial charge in [0.1, 0.15) is 11.3 Å². The van der Waals surface area contributed by atoms with Crippen LogP contribution in [0.15, 0.2) is 474 Å². The lowest BCUT2D eigenvalue weighted by Crippen LogP contribution is -2.06. The lowest BCUT2D eigenvalue weighted by Gasteiger charge is -2.11. The van der Waals surface area contributed by atoms with E-state index in [-0.39, 0.29) is 0 Å². The third kappa shape index (κ3) is 13.1. The van der Waals surface area contributed by atoms with Gasteiger partial charge in [0.05, 0.1) is 67.1 Å². The third-order valence-electron chi connectivity index (χ3n) is 25.7. The molecule has 10 heterocycles. The van der Waals surface area contributed by atoms with Gasteiger partial charge in [-0.2, -0.15) is 9.97 Å². The van der Waals surface area contributed by atoms with Crippen molar-refractivity contribution in [3.63, 3.8) is 0 Å². The molecule has 0 N–H and O–H groups in total. The number of benzene rings is 17. The number of rotatable bonds is 12. The predicted molar refractivity (Wildman–Crippen MR) is 545 cm³/mol. The van der Waals surface area contributed by atoms with E-state index in [4.69, 9.17) is 29.9 Å². The van der Waals surface area contributed by atoms with E-state index in [1.807, 2.05) is 85.3 Å². The van der Waals surface area contributed by atoms with Crippen molar-refractivity contribution in [1.82, 2.24) is 57.3 Å². The number of fused-ring (bicyclic) bond motifs is 18. The van der Waals surface area contributed by atoms with Gasteiger partial charge in [0, 0.05) is 133 Å². The molecule has 27 aromatic rings. The second-order valence-electron chi connectivity index (χ2n) is 33.4. The Kier molecular flexibility index (Phi) is 18.6. The van der Waals surface area contributed by atoms with Crippen molar-refractivity contribution >= 4 is 131 Å². The number of aromatic nitrogens is 12. The quantitative estimate of drug-likeness (QED) is 0.121. The van der Waals surface area contributed by atoms with E-state index in [1.165, 1.54) is 87.5 Å². The highest BCUT2D eigenvalue weighted by molar-refractivity contribution is 6.16. The fraction of sp³-hybridized carbons (Fsp3) is 0. The molecule has 0 saturated carbocycles. The molecule has 17 aromatic carbocycles. The molecule has 0 saturated heterocycles. The van der Waals surface area contributed by atoms with Crippen LogP contribution in [0, 0.1) is 0 Å². The Morgan fingerprint density at radius 3 is 0.811 bits per heavy atom.